The molecule has 0 spiro atoms. The molecular weight excluding hydrogens is 167 g/mol. The maximum absolute atomic E-state index is 10.5. The lowest BCUT2D eigenvalue weighted by Gasteiger charge is -2.28. The third-order valence-electron chi connectivity index (χ3n) is 1.70. The fourth-order valence-electron chi connectivity index (χ4n) is 0.872. The highest BCUT2D eigenvalue weighted by atomic mass is 31.1. The predicted octanol–water partition coefficient (Wildman–Crippen LogP) is 0.852. The second-order valence-corrected chi connectivity index (χ2v) is 3.38. The van der Waals surface area contributed by atoms with Crippen LogP contribution in [0.25, 0.3) is 0 Å². The van der Waals surface area contributed by atoms with E-state index < -0.39 is 13.8 Å². The highest BCUT2D eigenvalue weighted by Gasteiger charge is 2.28. The highest BCUT2D eigenvalue weighted by molar-refractivity contribution is 7.38. The van der Waals surface area contributed by atoms with Crippen molar-refractivity contribution in [3.63, 3.8) is 0 Å². The van der Waals surface area contributed by atoms with Crippen molar-refractivity contribution in [1.82, 2.24) is 0 Å². The Kier molecular flexibility index (Phi) is 4.93. The average Bonchev–Trinajstić information content (AvgIpc) is 2.00. The Morgan fingerprint density at radius 2 is 1.91 bits per heavy atom. The molecule has 0 rings (SSSR count). The van der Waals surface area contributed by atoms with E-state index >= 15 is 0 Å². The Balaban J connectivity index is 4.16. The van der Waals surface area contributed by atoms with E-state index in [-0.39, 0.29) is 6.16 Å². The maximum Gasteiger partial charge on any atom is 0.194 e. The van der Waals surface area contributed by atoms with Gasteiger partial charge < -0.3 is 14.4 Å². The predicted molar refractivity (Wildman–Crippen MR) is 43.1 cm³/mol. The van der Waals surface area contributed by atoms with E-state index in [2.05, 4.69) is 0 Å². The van der Waals surface area contributed by atoms with Gasteiger partial charge in [0.15, 0.2) is 13.8 Å². The molecule has 4 nitrogen and oxygen atoms in total. The SMILES string of the molecule is CCC(C[PH](=O)O)(OC)OC. The standard InChI is InChI=1S/C6H15O4P/c1-4-6(9-2,10-3)5-11(7)8/h11H,4-5H2,1-3H3,(H,7,8). The van der Waals surface area contributed by atoms with Crippen LogP contribution >= 0.6 is 8.03 Å². The maximum atomic E-state index is 10.5. The van der Waals surface area contributed by atoms with E-state index in [1.165, 1.54) is 14.2 Å². The molecule has 0 aromatic rings. The molecule has 0 fully saturated rings. The lowest BCUT2D eigenvalue weighted by Crippen LogP contribution is -2.35. The first-order chi connectivity index (χ1) is 5.10. The van der Waals surface area contributed by atoms with E-state index in [0.29, 0.717) is 6.42 Å². The van der Waals surface area contributed by atoms with E-state index in [1.54, 1.807) is 0 Å². The molecule has 0 saturated carbocycles. The van der Waals surface area contributed by atoms with Crippen molar-refractivity contribution in [3.8, 4) is 0 Å². The minimum Gasteiger partial charge on any atom is -0.353 e. The van der Waals surface area contributed by atoms with Crippen molar-refractivity contribution in [2.24, 2.45) is 0 Å². The monoisotopic (exact) mass is 182 g/mol. The topological polar surface area (TPSA) is 55.8 Å². The summed E-state index contributed by atoms with van der Waals surface area (Å²) in [6.45, 7) is 1.85. The summed E-state index contributed by atoms with van der Waals surface area (Å²) < 4.78 is 20.5. The third-order valence-corrected chi connectivity index (χ3v) is 2.54. The average molecular weight is 182 g/mol. The number of rotatable bonds is 5. The van der Waals surface area contributed by atoms with Crippen LogP contribution in [0.5, 0.6) is 0 Å². The number of hydrogen-bond acceptors (Lipinski definition) is 3. The normalized spacial score (nSPS) is 14.9. The molecule has 1 unspecified atom stereocenters. The molecule has 11 heavy (non-hydrogen) atoms. The van der Waals surface area contributed by atoms with Crippen LogP contribution in [0.1, 0.15) is 13.3 Å². The Bertz CT molecular complexity index is 124. The van der Waals surface area contributed by atoms with Crippen molar-refractivity contribution < 1.29 is 18.9 Å². The molecule has 0 aliphatic carbocycles. The molecule has 1 atom stereocenters. The first kappa shape index (κ1) is 11.1. The minimum atomic E-state index is -2.53. The smallest absolute Gasteiger partial charge is 0.194 e. The summed E-state index contributed by atoms with van der Waals surface area (Å²) in [6, 6.07) is 0. The largest absolute Gasteiger partial charge is 0.353 e. The fourth-order valence-corrected chi connectivity index (χ4v) is 1.87. The summed E-state index contributed by atoms with van der Waals surface area (Å²) in [5.41, 5.74) is 0. The van der Waals surface area contributed by atoms with Crippen LogP contribution < -0.4 is 0 Å². The second-order valence-electron chi connectivity index (χ2n) is 2.24. The van der Waals surface area contributed by atoms with Gasteiger partial charge in [-0.25, -0.2) is 0 Å². The first-order valence-electron chi connectivity index (χ1n) is 3.42. The molecule has 0 radical (unpaired) electrons. The van der Waals surface area contributed by atoms with Gasteiger partial charge in [-0.2, -0.15) is 0 Å². The van der Waals surface area contributed by atoms with Crippen molar-refractivity contribution >= 4 is 8.03 Å². The molecule has 0 aromatic heterocycles. The third kappa shape index (κ3) is 3.34. The van der Waals surface area contributed by atoms with Crippen molar-refractivity contribution in [1.29, 1.82) is 0 Å². The summed E-state index contributed by atoms with van der Waals surface area (Å²) in [4.78, 5) is 8.67. The van der Waals surface area contributed by atoms with Gasteiger partial charge in [0.25, 0.3) is 0 Å². The van der Waals surface area contributed by atoms with Crippen LogP contribution in [-0.4, -0.2) is 31.1 Å². The quantitative estimate of drug-likeness (QED) is 0.506. The van der Waals surface area contributed by atoms with Crippen molar-refractivity contribution in [3.05, 3.63) is 0 Å². The van der Waals surface area contributed by atoms with E-state index in [0.717, 1.165) is 0 Å². The zero-order valence-electron chi connectivity index (χ0n) is 7.09. The molecule has 0 saturated heterocycles. The van der Waals surface area contributed by atoms with Gasteiger partial charge in [-0.1, -0.05) is 6.92 Å². The Labute approximate surface area is 67.4 Å². The molecule has 0 amide bonds. The Morgan fingerprint density at radius 1 is 1.45 bits per heavy atom. The zero-order valence-corrected chi connectivity index (χ0v) is 8.09. The Morgan fingerprint density at radius 3 is 2.00 bits per heavy atom. The van der Waals surface area contributed by atoms with Gasteiger partial charge in [0.05, 0.1) is 6.16 Å². The molecule has 5 heteroatoms. The van der Waals surface area contributed by atoms with Gasteiger partial charge in [0.2, 0.25) is 0 Å². The molecule has 0 bridgehead atoms. The first-order valence-corrected chi connectivity index (χ1v) is 4.98. The van der Waals surface area contributed by atoms with Crippen molar-refractivity contribution in [2.75, 3.05) is 20.4 Å². The van der Waals surface area contributed by atoms with E-state index in [9.17, 15) is 4.57 Å². The minimum absolute atomic E-state index is 0.0567. The molecular formula is C6H15O4P. The van der Waals surface area contributed by atoms with Gasteiger partial charge in [-0.3, -0.25) is 4.57 Å². The van der Waals surface area contributed by atoms with Crippen LogP contribution in [0, 0.1) is 0 Å². The Hall–Kier alpha value is 0.110. The fraction of sp³-hybridized carbons (Fsp3) is 1.00. The second kappa shape index (κ2) is 4.88. The molecule has 1 N–H and O–H groups in total. The van der Waals surface area contributed by atoms with Gasteiger partial charge >= 0.3 is 0 Å². The molecule has 0 heterocycles. The van der Waals surface area contributed by atoms with Crippen LogP contribution in [0.2, 0.25) is 0 Å². The summed E-state index contributed by atoms with van der Waals surface area (Å²) in [6.07, 6.45) is 0.623. The lowest BCUT2D eigenvalue weighted by molar-refractivity contribution is -0.191. The molecule has 0 aliphatic heterocycles. The summed E-state index contributed by atoms with van der Waals surface area (Å²) in [7, 11) is 0.413. The molecule has 0 aromatic carbocycles. The summed E-state index contributed by atoms with van der Waals surface area (Å²) >= 11 is 0. The van der Waals surface area contributed by atoms with Crippen LogP contribution in [0.3, 0.4) is 0 Å². The van der Waals surface area contributed by atoms with E-state index in [1.807, 2.05) is 6.92 Å². The van der Waals surface area contributed by atoms with Crippen LogP contribution in [-0.2, 0) is 14.0 Å². The summed E-state index contributed by atoms with van der Waals surface area (Å²) in [5, 5.41) is 0. The zero-order chi connectivity index (χ0) is 8.91. The number of methoxy groups -OCH3 is 2. The van der Waals surface area contributed by atoms with Gasteiger partial charge in [-0.15, -0.1) is 0 Å². The molecule has 68 valence electrons. The van der Waals surface area contributed by atoms with Gasteiger partial charge in [0.1, 0.15) is 0 Å². The number of hydrogen-bond donors (Lipinski definition) is 1. The van der Waals surface area contributed by atoms with Crippen molar-refractivity contribution in [2.45, 2.75) is 19.1 Å². The highest BCUT2D eigenvalue weighted by Crippen LogP contribution is 2.27. The lowest BCUT2D eigenvalue weighted by atomic mass is 10.2. The van der Waals surface area contributed by atoms with Crippen LogP contribution in [0.15, 0.2) is 0 Å². The van der Waals surface area contributed by atoms with E-state index in [4.69, 9.17) is 14.4 Å². The summed E-state index contributed by atoms with van der Waals surface area (Å²) in [5.74, 6) is -0.870. The van der Waals surface area contributed by atoms with Gasteiger partial charge in [0, 0.05) is 14.2 Å². The molecule has 0 aliphatic rings. The van der Waals surface area contributed by atoms with Gasteiger partial charge in [-0.05, 0) is 6.42 Å². The number of ether oxygens (including phenoxy) is 2. The van der Waals surface area contributed by atoms with Crippen LogP contribution in [0.4, 0.5) is 0 Å².